The van der Waals surface area contributed by atoms with Gasteiger partial charge in [-0.25, -0.2) is 9.97 Å². The largest absolute Gasteiger partial charge is 0.492 e. The van der Waals surface area contributed by atoms with Crippen molar-refractivity contribution >= 4 is 16.9 Å². The van der Waals surface area contributed by atoms with Crippen molar-refractivity contribution in [3.63, 3.8) is 0 Å². The first kappa shape index (κ1) is 27.4. The smallest absolute Gasteiger partial charge is 0.387 e. The van der Waals surface area contributed by atoms with E-state index >= 15 is 0 Å². The number of carbonyl (C=O) groups excluding carboxylic acids is 1. The normalized spacial score (nSPS) is 14.3. The van der Waals surface area contributed by atoms with Crippen molar-refractivity contribution in [1.29, 1.82) is 0 Å². The highest BCUT2D eigenvalue weighted by Crippen LogP contribution is 2.25. The van der Waals surface area contributed by atoms with Gasteiger partial charge in [-0.3, -0.25) is 14.2 Å². The average molecular weight is 530 g/mol. The van der Waals surface area contributed by atoms with Crippen LogP contribution in [0.2, 0.25) is 0 Å². The quantitative estimate of drug-likeness (QED) is 0.377. The third-order valence-electron chi connectivity index (χ3n) is 6.19. The number of pyridine rings is 1. The summed E-state index contributed by atoms with van der Waals surface area (Å²) in [6, 6.07) is 7.27. The second kappa shape index (κ2) is 12.8. The summed E-state index contributed by atoms with van der Waals surface area (Å²) in [5.41, 5.74) is 0.000977. The number of carbonyl (C=O) groups is 1. The summed E-state index contributed by atoms with van der Waals surface area (Å²) in [5.74, 6) is 0.0750. The zero-order valence-corrected chi connectivity index (χ0v) is 21.7. The fourth-order valence-electron chi connectivity index (χ4n) is 4.52. The molecule has 2 aromatic heterocycles. The first-order chi connectivity index (χ1) is 18.3. The molecule has 0 unspecified atom stereocenters. The summed E-state index contributed by atoms with van der Waals surface area (Å²) < 4.78 is 37.1. The maximum absolute atomic E-state index is 13.6. The van der Waals surface area contributed by atoms with E-state index in [4.69, 9.17) is 4.74 Å². The Morgan fingerprint density at radius 2 is 1.92 bits per heavy atom. The Balaban J connectivity index is 1.62. The van der Waals surface area contributed by atoms with Crippen LogP contribution in [-0.4, -0.2) is 64.2 Å². The van der Waals surface area contributed by atoms with E-state index in [9.17, 15) is 18.4 Å². The summed E-state index contributed by atoms with van der Waals surface area (Å²) in [6.07, 6.45) is 6.11. The minimum atomic E-state index is -3.01. The molecule has 0 spiro atoms. The molecule has 1 N–H and O–H groups in total. The van der Waals surface area contributed by atoms with E-state index in [1.54, 1.807) is 12.1 Å². The zero-order valence-electron chi connectivity index (χ0n) is 21.7. The molecule has 1 fully saturated rings. The molecule has 4 rings (SSSR count). The number of benzene rings is 1. The highest BCUT2D eigenvalue weighted by Gasteiger charge is 2.18. The second-order valence-corrected chi connectivity index (χ2v) is 9.60. The summed E-state index contributed by atoms with van der Waals surface area (Å²) in [7, 11) is 0. The lowest BCUT2D eigenvalue weighted by atomic mass is 10.1. The Labute approximate surface area is 219 Å². The molecular weight excluding hydrogens is 496 g/mol. The summed E-state index contributed by atoms with van der Waals surface area (Å²) >= 11 is 0. The van der Waals surface area contributed by atoms with E-state index in [2.05, 4.69) is 24.9 Å². The molecule has 9 nitrogen and oxygen atoms in total. The van der Waals surface area contributed by atoms with Crippen molar-refractivity contribution in [2.24, 2.45) is 0 Å². The molecular formula is C27H33F2N5O4. The van der Waals surface area contributed by atoms with Gasteiger partial charge in [0.15, 0.2) is 5.65 Å². The molecule has 38 heavy (non-hydrogen) atoms. The molecule has 0 aliphatic carbocycles. The van der Waals surface area contributed by atoms with E-state index in [0.717, 1.165) is 26.1 Å². The second-order valence-electron chi connectivity index (χ2n) is 9.60. The van der Waals surface area contributed by atoms with Crippen LogP contribution in [0.3, 0.4) is 0 Å². The Kier molecular flexibility index (Phi) is 9.22. The predicted molar refractivity (Wildman–Crippen MR) is 140 cm³/mol. The van der Waals surface area contributed by atoms with E-state index in [1.807, 2.05) is 13.8 Å². The molecule has 11 heteroatoms. The molecule has 204 valence electrons. The highest BCUT2D eigenvalue weighted by molar-refractivity contribution is 5.80. The van der Waals surface area contributed by atoms with Gasteiger partial charge >= 0.3 is 6.61 Å². The van der Waals surface area contributed by atoms with E-state index in [0.29, 0.717) is 17.9 Å². The van der Waals surface area contributed by atoms with E-state index < -0.39 is 12.2 Å². The Morgan fingerprint density at radius 3 is 2.66 bits per heavy atom. The fraction of sp³-hybridized carbons (Fsp3) is 0.481. The number of hydrogen-bond acceptors (Lipinski definition) is 7. The van der Waals surface area contributed by atoms with Crippen molar-refractivity contribution in [2.75, 3.05) is 26.2 Å². The van der Waals surface area contributed by atoms with Crippen molar-refractivity contribution < 1.29 is 23.0 Å². The number of likely N-dealkylation sites (tertiary alicyclic amines) is 1. The molecule has 1 saturated heterocycles. The molecule has 1 aliphatic heterocycles. The maximum Gasteiger partial charge on any atom is 0.387 e. The van der Waals surface area contributed by atoms with Gasteiger partial charge in [0, 0.05) is 18.2 Å². The topological polar surface area (TPSA) is 98.6 Å². The van der Waals surface area contributed by atoms with Crippen molar-refractivity contribution in [3.8, 4) is 22.9 Å². The van der Waals surface area contributed by atoms with E-state index in [-0.39, 0.29) is 41.1 Å². The standard InChI is InChI=1S/C27H33F2N5O4/c1-18(2)31-23(35)17-34-25(19-8-6-9-20(14-19)38-27(28)29)32-24-22(26(34)36)15-21(16-30-24)37-13-7-12-33-10-4-3-5-11-33/h6,8-9,14-16,18,27H,3-5,7,10-13,17H2,1-2H3,(H,31,35). The highest BCUT2D eigenvalue weighted by atomic mass is 19.3. The van der Waals surface area contributed by atoms with Gasteiger partial charge in [-0.2, -0.15) is 8.78 Å². The summed E-state index contributed by atoms with van der Waals surface area (Å²) in [4.78, 5) is 37.5. The van der Waals surface area contributed by atoms with Crippen molar-refractivity contribution in [2.45, 2.75) is 58.7 Å². The lowest BCUT2D eigenvalue weighted by molar-refractivity contribution is -0.122. The number of hydrogen-bond donors (Lipinski definition) is 1. The monoisotopic (exact) mass is 529 g/mol. The van der Waals surface area contributed by atoms with Crippen LogP contribution >= 0.6 is 0 Å². The summed E-state index contributed by atoms with van der Waals surface area (Å²) in [5, 5.41) is 2.95. The number of aromatic nitrogens is 3. The molecule has 1 aliphatic rings. The predicted octanol–water partition coefficient (Wildman–Crippen LogP) is 3.84. The Bertz CT molecular complexity index is 1310. The van der Waals surface area contributed by atoms with Gasteiger partial charge in [0.1, 0.15) is 23.9 Å². The fourth-order valence-corrected chi connectivity index (χ4v) is 4.52. The minimum absolute atomic E-state index is 0.0914. The van der Waals surface area contributed by atoms with E-state index in [1.165, 1.54) is 48.2 Å². The first-order valence-electron chi connectivity index (χ1n) is 12.9. The summed E-state index contributed by atoms with van der Waals surface area (Å²) in [6.45, 7) is 3.98. The number of rotatable bonds is 11. The number of nitrogens with one attached hydrogen (secondary N) is 1. The number of ether oxygens (including phenoxy) is 2. The number of piperidine rings is 1. The van der Waals surface area contributed by atoms with Crippen LogP contribution in [0, 0.1) is 0 Å². The van der Waals surface area contributed by atoms with Gasteiger partial charge in [0.05, 0.1) is 18.2 Å². The van der Waals surface area contributed by atoms with Crippen LogP contribution in [0.25, 0.3) is 22.4 Å². The number of halogens is 2. The lowest BCUT2D eigenvalue weighted by Crippen LogP contribution is -2.37. The number of nitrogens with zero attached hydrogens (tertiary/aromatic N) is 4. The Morgan fingerprint density at radius 1 is 1.13 bits per heavy atom. The van der Waals surface area contributed by atoms with Crippen LogP contribution < -0.4 is 20.3 Å². The SMILES string of the molecule is CC(C)NC(=O)Cn1c(-c2cccc(OC(F)F)c2)nc2ncc(OCCCN3CCCCC3)cc2c1=O. The van der Waals surface area contributed by atoms with Gasteiger partial charge in [-0.05, 0) is 64.4 Å². The molecule has 0 bridgehead atoms. The van der Waals surface area contributed by atoms with Crippen LogP contribution in [0.15, 0.2) is 41.3 Å². The number of fused-ring (bicyclic) bond motifs is 1. The molecule has 3 aromatic rings. The van der Waals surface area contributed by atoms with Crippen molar-refractivity contribution in [1.82, 2.24) is 24.8 Å². The third-order valence-corrected chi connectivity index (χ3v) is 6.19. The molecule has 0 atom stereocenters. The maximum atomic E-state index is 13.6. The minimum Gasteiger partial charge on any atom is -0.492 e. The van der Waals surface area contributed by atoms with Gasteiger partial charge in [-0.15, -0.1) is 0 Å². The number of alkyl halides is 2. The molecule has 1 amide bonds. The molecule has 0 saturated carbocycles. The lowest BCUT2D eigenvalue weighted by Gasteiger charge is -2.26. The number of amides is 1. The first-order valence-corrected chi connectivity index (χ1v) is 12.9. The molecule has 1 aromatic carbocycles. The van der Waals surface area contributed by atoms with Crippen LogP contribution in [0.1, 0.15) is 39.5 Å². The Hall–Kier alpha value is -3.60. The van der Waals surface area contributed by atoms with Gasteiger partial charge in [0.2, 0.25) is 5.91 Å². The van der Waals surface area contributed by atoms with Crippen LogP contribution in [0.5, 0.6) is 11.5 Å². The average Bonchev–Trinajstić information content (AvgIpc) is 2.88. The van der Waals surface area contributed by atoms with Gasteiger partial charge < -0.3 is 19.7 Å². The van der Waals surface area contributed by atoms with Crippen LogP contribution in [-0.2, 0) is 11.3 Å². The van der Waals surface area contributed by atoms with Gasteiger partial charge in [-0.1, -0.05) is 18.6 Å². The van der Waals surface area contributed by atoms with Crippen LogP contribution in [0.4, 0.5) is 8.78 Å². The molecule has 0 radical (unpaired) electrons. The molecule has 3 heterocycles. The van der Waals surface area contributed by atoms with Crippen molar-refractivity contribution in [3.05, 3.63) is 46.9 Å². The third kappa shape index (κ3) is 7.25. The van der Waals surface area contributed by atoms with Gasteiger partial charge in [0.25, 0.3) is 5.56 Å². The zero-order chi connectivity index (χ0) is 27.1.